The molecule has 3 amide bonds. The number of carbonyl (C=O) groups excluding carboxylic acids is 2. The van der Waals surface area contributed by atoms with Crippen molar-refractivity contribution in [2.75, 3.05) is 26.2 Å². The smallest absolute Gasteiger partial charge is 0.324 e. The molecule has 1 saturated heterocycles. The molecule has 0 aromatic heterocycles. The highest BCUT2D eigenvalue weighted by molar-refractivity contribution is 5.95. The van der Waals surface area contributed by atoms with Crippen LogP contribution in [0.3, 0.4) is 0 Å². The zero-order valence-electron chi connectivity index (χ0n) is 10.8. The molecule has 1 heterocycles. The summed E-state index contributed by atoms with van der Waals surface area (Å²) in [5, 5.41) is 10.7. The fourth-order valence-corrected chi connectivity index (χ4v) is 2.21. The molecule has 1 aliphatic carbocycles. The highest BCUT2D eigenvalue weighted by Gasteiger charge is 2.32. The van der Waals surface area contributed by atoms with Crippen molar-refractivity contribution < 1.29 is 19.5 Å². The van der Waals surface area contributed by atoms with E-state index in [1.807, 2.05) is 0 Å². The van der Waals surface area contributed by atoms with Crippen LogP contribution in [0.5, 0.6) is 0 Å². The fourth-order valence-electron chi connectivity index (χ4n) is 2.21. The van der Waals surface area contributed by atoms with Crippen molar-refractivity contribution in [3.05, 3.63) is 0 Å². The molecule has 0 radical (unpaired) electrons. The summed E-state index contributed by atoms with van der Waals surface area (Å²) in [5.74, 6) is -1.57. The van der Waals surface area contributed by atoms with Crippen LogP contribution < -0.4 is 5.32 Å². The van der Waals surface area contributed by atoms with Gasteiger partial charge in [-0.25, -0.2) is 4.79 Å². The first kappa shape index (κ1) is 13.8. The summed E-state index contributed by atoms with van der Waals surface area (Å²) >= 11 is 0. The number of carboxylic acids is 1. The van der Waals surface area contributed by atoms with E-state index in [0.717, 1.165) is 13.1 Å². The monoisotopic (exact) mass is 269 g/mol. The van der Waals surface area contributed by atoms with Crippen molar-refractivity contribution in [1.29, 1.82) is 0 Å². The lowest BCUT2D eigenvalue weighted by molar-refractivity contribution is -0.138. The minimum absolute atomic E-state index is 0.164. The second kappa shape index (κ2) is 6.01. The van der Waals surface area contributed by atoms with Crippen LogP contribution in [0.1, 0.15) is 25.7 Å². The number of imide groups is 1. The number of nitrogens with zero attached hydrogens (tertiary/aromatic N) is 2. The number of amides is 3. The summed E-state index contributed by atoms with van der Waals surface area (Å²) in [5.41, 5.74) is 0. The van der Waals surface area contributed by atoms with Gasteiger partial charge in [0, 0.05) is 38.6 Å². The quantitative estimate of drug-likeness (QED) is 0.742. The Morgan fingerprint density at radius 1 is 1.05 bits per heavy atom. The average Bonchev–Trinajstić information content (AvgIpc) is 3.21. The molecule has 7 heteroatoms. The van der Waals surface area contributed by atoms with Gasteiger partial charge in [0.1, 0.15) is 0 Å². The third-order valence-electron chi connectivity index (χ3n) is 3.48. The van der Waals surface area contributed by atoms with Crippen molar-refractivity contribution >= 4 is 17.9 Å². The molecule has 0 aromatic carbocycles. The summed E-state index contributed by atoms with van der Waals surface area (Å²) in [4.78, 5) is 37.4. The third kappa shape index (κ3) is 4.20. The second-order valence-corrected chi connectivity index (χ2v) is 5.00. The largest absolute Gasteiger partial charge is 0.481 e. The van der Waals surface area contributed by atoms with Crippen LogP contribution in [0.4, 0.5) is 4.79 Å². The van der Waals surface area contributed by atoms with Crippen LogP contribution in [0.2, 0.25) is 0 Å². The molecule has 0 unspecified atom stereocenters. The van der Waals surface area contributed by atoms with Gasteiger partial charge in [0.25, 0.3) is 0 Å². The summed E-state index contributed by atoms with van der Waals surface area (Å²) in [6.45, 7) is 2.94. The van der Waals surface area contributed by atoms with E-state index in [1.54, 1.807) is 4.90 Å². The minimum Gasteiger partial charge on any atom is -0.481 e. The van der Waals surface area contributed by atoms with Gasteiger partial charge in [0.05, 0.1) is 6.42 Å². The molecule has 7 nitrogen and oxygen atoms in total. The molecule has 2 rings (SSSR count). The number of aliphatic carboxylic acids is 1. The van der Waals surface area contributed by atoms with E-state index in [1.165, 1.54) is 12.8 Å². The van der Waals surface area contributed by atoms with Crippen LogP contribution >= 0.6 is 0 Å². The third-order valence-corrected chi connectivity index (χ3v) is 3.48. The molecule has 2 N–H and O–H groups in total. The molecule has 19 heavy (non-hydrogen) atoms. The van der Waals surface area contributed by atoms with Crippen LogP contribution in [0, 0.1) is 0 Å². The molecule has 2 fully saturated rings. The van der Waals surface area contributed by atoms with E-state index < -0.39 is 17.9 Å². The molecule has 0 spiro atoms. The van der Waals surface area contributed by atoms with Gasteiger partial charge < -0.3 is 10.0 Å². The number of hydrogen-bond acceptors (Lipinski definition) is 4. The Labute approximate surface area is 111 Å². The van der Waals surface area contributed by atoms with Gasteiger partial charge in [-0.05, 0) is 12.8 Å². The second-order valence-electron chi connectivity index (χ2n) is 5.00. The first-order valence-corrected chi connectivity index (χ1v) is 6.61. The van der Waals surface area contributed by atoms with Gasteiger partial charge >= 0.3 is 12.0 Å². The highest BCUT2D eigenvalue weighted by atomic mass is 16.4. The topological polar surface area (TPSA) is 89.9 Å². The Balaban J connectivity index is 1.68. The molecular formula is C12H19N3O4. The molecule has 106 valence electrons. The number of rotatable bonds is 4. The zero-order valence-corrected chi connectivity index (χ0v) is 10.8. The normalized spacial score (nSPS) is 20.1. The molecule has 1 saturated carbocycles. The minimum atomic E-state index is -1.04. The molecule has 2 aliphatic rings. The van der Waals surface area contributed by atoms with Gasteiger partial charge in [-0.2, -0.15) is 0 Å². The van der Waals surface area contributed by atoms with Crippen molar-refractivity contribution in [1.82, 2.24) is 15.1 Å². The first-order valence-electron chi connectivity index (χ1n) is 6.61. The Hall–Kier alpha value is -1.63. The number of urea groups is 1. The molecule has 0 atom stereocenters. The predicted molar refractivity (Wildman–Crippen MR) is 66.6 cm³/mol. The molecule has 0 bridgehead atoms. The maximum Gasteiger partial charge on any atom is 0.324 e. The van der Waals surface area contributed by atoms with E-state index >= 15 is 0 Å². The summed E-state index contributed by atoms with van der Waals surface area (Å²) in [6, 6.07) is 0.285. The maximum absolute atomic E-state index is 11.8. The van der Waals surface area contributed by atoms with Gasteiger partial charge in [-0.15, -0.1) is 0 Å². The van der Waals surface area contributed by atoms with Gasteiger partial charge in [0.15, 0.2) is 0 Å². The number of nitrogens with one attached hydrogen (secondary N) is 1. The van der Waals surface area contributed by atoms with Crippen LogP contribution in [0.25, 0.3) is 0 Å². The number of carboxylic acid groups (broad SMARTS) is 1. The van der Waals surface area contributed by atoms with Crippen molar-refractivity contribution in [3.63, 3.8) is 0 Å². The average molecular weight is 269 g/mol. The lowest BCUT2D eigenvalue weighted by atomic mass is 10.3. The number of hydrogen-bond donors (Lipinski definition) is 2. The molecule has 1 aliphatic heterocycles. The van der Waals surface area contributed by atoms with Gasteiger partial charge in [0.2, 0.25) is 5.91 Å². The van der Waals surface area contributed by atoms with E-state index in [0.29, 0.717) is 19.1 Å². The van der Waals surface area contributed by atoms with Gasteiger partial charge in [-0.3, -0.25) is 19.8 Å². The van der Waals surface area contributed by atoms with Crippen molar-refractivity contribution in [3.8, 4) is 0 Å². The van der Waals surface area contributed by atoms with E-state index in [9.17, 15) is 14.4 Å². The predicted octanol–water partition coefficient (Wildman–Crippen LogP) is -0.133. The van der Waals surface area contributed by atoms with Crippen LogP contribution in [-0.4, -0.2) is 65.0 Å². The Kier molecular flexibility index (Phi) is 4.36. The molecular weight excluding hydrogens is 250 g/mol. The summed E-state index contributed by atoms with van der Waals surface area (Å²) in [7, 11) is 0. The van der Waals surface area contributed by atoms with Crippen LogP contribution in [-0.2, 0) is 9.59 Å². The number of carbonyl (C=O) groups is 3. The van der Waals surface area contributed by atoms with Crippen LogP contribution in [0.15, 0.2) is 0 Å². The van der Waals surface area contributed by atoms with Crippen molar-refractivity contribution in [2.24, 2.45) is 0 Å². The number of piperazine rings is 1. The Morgan fingerprint density at radius 2 is 1.68 bits per heavy atom. The SMILES string of the molecule is O=C(O)CCC(=O)NC(=O)N1CCN(C2CC2)CC1. The summed E-state index contributed by atoms with van der Waals surface area (Å²) in [6.07, 6.45) is 2.08. The first-order chi connectivity index (χ1) is 9.06. The zero-order chi connectivity index (χ0) is 13.8. The Morgan fingerprint density at radius 3 is 2.21 bits per heavy atom. The highest BCUT2D eigenvalue weighted by Crippen LogP contribution is 2.27. The summed E-state index contributed by atoms with van der Waals surface area (Å²) < 4.78 is 0. The van der Waals surface area contributed by atoms with Crippen molar-refractivity contribution in [2.45, 2.75) is 31.7 Å². The lowest BCUT2D eigenvalue weighted by Gasteiger charge is -2.34. The van der Waals surface area contributed by atoms with E-state index in [2.05, 4.69) is 10.2 Å². The Bertz CT molecular complexity index is 373. The molecule has 0 aromatic rings. The van der Waals surface area contributed by atoms with Gasteiger partial charge in [-0.1, -0.05) is 0 Å². The van der Waals surface area contributed by atoms with E-state index in [-0.39, 0.29) is 12.8 Å². The fraction of sp³-hybridized carbons (Fsp3) is 0.750. The lowest BCUT2D eigenvalue weighted by Crippen LogP contribution is -2.53. The maximum atomic E-state index is 11.8. The van der Waals surface area contributed by atoms with E-state index in [4.69, 9.17) is 5.11 Å². The standard InChI is InChI=1S/C12H19N3O4/c16-10(3-4-11(17)18)13-12(19)15-7-5-14(6-8-15)9-1-2-9/h9H,1-8H2,(H,17,18)(H,13,16,19).